The molecule has 1 aromatic heterocycles. The Morgan fingerprint density at radius 1 is 1.30 bits per heavy atom. The topological polar surface area (TPSA) is 104 Å². The summed E-state index contributed by atoms with van der Waals surface area (Å²) in [6.45, 7) is -0.727. The number of amides is 1. The molecule has 27 heavy (non-hydrogen) atoms. The van der Waals surface area contributed by atoms with E-state index in [1.807, 2.05) is 5.32 Å². The highest BCUT2D eigenvalue weighted by Gasteiger charge is 2.56. The zero-order valence-corrected chi connectivity index (χ0v) is 13.7. The van der Waals surface area contributed by atoms with Crippen LogP contribution >= 0.6 is 0 Å². The second kappa shape index (κ2) is 6.78. The lowest BCUT2D eigenvalue weighted by atomic mass is 9.94. The number of aliphatic hydroxyl groups is 1. The molecule has 1 aromatic carbocycles. The van der Waals surface area contributed by atoms with E-state index in [-0.39, 0.29) is 29.0 Å². The van der Waals surface area contributed by atoms with E-state index >= 15 is 0 Å². The molecule has 2 heterocycles. The third kappa shape index (κ3) is 3.58. The zero-order valence-electron chi connectivity index (χ0n) is 13.7. The molecule has 1 amide bonds. The minimum Gasteiger partial charge on any atom is -0.505 e. The van der Waals surface area contributed by atoms with Crippen molar-refractivity contribution in [1.29, 1.82) is 0 Å². The zero-order chi connectivity index (χ0) is 19.8. The predicted molar refractivity (Wildman–Crippen MR) is 86.1 cm³/mol. The first-order valence-electron chi connectivity index (χ1n) is 7.87. The third-order valence-corrected chi connectivity index (χ3v) is 4.26. The molecular formula is C17H15F4N3O3. The molecule has 0 aliphatic carbocycles. The molecule has 10 heteroatoms. The van der Waals surface area contributed by atoms with Crippen LogP contribution in [-0.2, 0) is 10.4 Å². The van der Waals surface area contributed by atoms with Crippen LogP contribution in [0.5, 0.6) is 5.75 Å². The Labute approximate surface area is 150 Å². The van der Waals surface area contributed by atoms with Gasteiger partial charge in [0.2, 0.25) is 12.0 Å². The van der Waals surface area contributed by atoms with Crippen molar-refractivity contribution in [1.82, 2.24) is 15.6 Å². The van der Waals surface area contributed by atoms with Crippen molar-refractivity contribution in [2.24, 2.45) is 0 Å². The Balaban J connectivity index is 2.20. The summed E-state index contributed by atoms with van der Waals surface area (Å²) in [4.78, 5) is 14.3. The molecule has 2 atom stereocenters. The van der Waals surface area contributed by atoms with Crippen LogP contribution in [0.3, 0.4) is 0 Å². The first kappa shape index (κ1) is 19.1. The fourth-order valence-electron chi connectivity index (χ4n) is 2.65. The molecule has 6 nitrogen and oxygen atoms in total. The van der Waals surface area contributed by atoms with E-state index in [1.54, 1.807) is 0 Å². The number of carbonyl (C=O) groups excluding carboxylic acids is 1. The van der Waals surface area contributed by atoms with Crippen molar-refractivity contribution in [3.63, 3.8) is 0 Å². The maximum Gasteiger partial charge on any atom is 0.424 e. The Morgan fingerprint density at radius 3 is 2.44 bits per heavy atom. The summed E-state index contributed by atoms with van der Waals surface area (Å²) in [6.07, 6.45) is -5.12. The number of carbonyl (C=O) groups is 1. The number of aromatic hydroxyl groups is 1. The van der Waals surface area contributed by atoms with E-state index in [9.17, 15) is 32.6 Å². The van der Waals surface area contributed by atoms with Crippen LogP contribution in [0.4, 0.5) is 17.6 Å². The molecule has 0 saturated carbocycles. The van der Waals surface area contributed by atoms with Crippen molar-refractivity contribution in [2.45, 2.75) is 17.8 Å². The molecule has 1 saturated heterocycles. The molecule has 0 bridgehead atoms. The maximum atomic E-state index is 13.6. The van der Waals surface area contributed by atoms with Gasteiger partial charge in [0.15, 0.2) is 0 Å². The number of pyridine rings is 1. The average molecular weight is 385 g/mol. The number of aromatic nitrogens is 1. The van der Waals surface area contributed by atoms with Gasteiger partial charge in [-0.05, 0) is 30.3 Å². The van der Waals surface area contributed by atoms with Gasteiger partial charge in [0.25, 0.3) is 0 Å². The fraction of sp³-hybridized carbons (Fsp3) is 0.294. The SMILES string of the molecule is O=CNC[C@](O)(c1cc([C@@H]2CN2)c(O)c(-c2ccc(F)cc2)n1)C(F)(F)F. The Morgan fingerprint density at radius 2 is 1.93 bits per heavy atom. The first-order chi connectivity index (χ1) is 12.7. The van der Waals surface area contributed by atoms with Crippen molar-refractivity contribution < 1.29 is 32.6 Å². The smallest absolute Gasteiger partial charge is 0.424 e. The maximum absolute atomic E-state index is 13.6. The molecule has 1 aliphatic heterocycles. The van der Waals surface area contributed by atoms with Gasteiger partial charge in [-0.1, -0.05) is 0 Å². The molecule has 0 spiro atoms. The van der Waals surface area contributed by atoms with Crippen molar-refractivity contribution in [3.05, 3.63) is 47.4 Å². The van der Waals surface area contributed by atoms with Crippen molar-refractivity contribution in [3.8, 4) is 17.0 Å². The highest BCUT2D eigenvalue weighted by molar-refractivity contribution is 5.69. The van der Waals surface area contributed by atoms with E-state index in [2.05, 4.69) is 10.3 Å². The molecule has 2 aromatic rings. The normalized spacial score (nSPS) is 18.6. The van der Waals surface area contributed by atoms with Gasteiger partial charge in [-0.25, -0.2) is 9.37 Å². The lowest BCUT2D eigenvalue weighted by molar-refractivity contribution is -0.265. The molecule has 4 N–H and O–H groups in total. The number of benzene rings is 1. The van der Waals surface area contributed by atoms with Crippen LogP contribution in [0, 0.1) is 5.82 Å². The minimum absolute atomic E-state index is 0.0291. The molecule has 3 rings (SSSR count). The number of halogens is 4. The Bertz CT molecular complexity index is 854. The van der Waals surface area contributed by atoms with E-state index < -0.39 is 35.9 Å². The monoisotopic (exact) mass is 385 g/mol. The van der Waals surface area contributed by atoms with E-state index in [4.69, 9.17) is 0 Å². The third-order valence-electron chi connectivity index (χ3n) is 4.26. The van der Waals surface area contributed by atoms with Crippen LogP contribution in [0.2, 0.25) is 0 Å². The number of nitrogens with one attached hydrogen (secondary N) is 2. The van der Waals surface area contributed by atoms with Gasteiger partial charge in [0, 0.05) is 23.7 Å². The Hall–Kier alpha value is -2.72. The quantitative estimate of drug-likeness (QED) is 0.345. The standard InChI is InChI=1S/C17H15F4N3O3/c18-10-3-1-9(2-4-10)14-15(26)11(12-6-23-12)5-13(24-14)16(27,7-22-8-25)17(19,20)21/h1-5,8,12,23,26-27H,6-7H2,(H,22,25)/t12-,16-/m0/s1. The van der Waals surface area contributed by atoms with Gasteiger partial charge in [0.1, 0.15) is 17.3 Å². The second-order valence-electron chi connectivity index (χ2n) is 6.12. The van der Waals surface area contributed by atoms with E-state index in [0.717, 1.165) is 18.2 Å². The van der Waals surface area contributed by atoms with Crippen LogP contribution in [-0.4, -0.2) is 40.9 Å². The van der Waals surface area contributed by atoms with Gasteiger partial charge in [-0.3, -0.25) is 4.79 Å². The summed E-state index contributed by atoms with van der Waals surface area (Å²) in [5.41, 5.74) is -4.20. The van der Waals surface area contributed by atoms with Gasteiger partial charge in [-0.2, -0.15) is 13.2 Å². The van der Waals surface area contributed by atoms with E-state index in [1.165, 1.54) is 12.1 Å². The van der Waals surface area contributed by atoms with E-state index in [0.29, 0.717) is 6.54 Å². The number of hydrogen-bond donors (Lipinski definition) is 4. The van der Waals surface area contributed by atoms with Gasteiger partial charge < -0.3 is 20.8 Å². The highest BCUT2D eigenvalue weighted by Crippen LogP contribution is 2.43. The first-order valence-corrected chi connectivity index (χ1v) is 7.87. The molecule has 1 fully saturated rings. The summed E-state index contributed by atoms with van der Waals surface area (Å²) in [5.74, 6) is -0.936. The molecule has 1 aliphatic rings. The van der Waals surface area contributed by atoms with Crippen LogP contribution in [0.25, 0.3) is 11.3 Å². The average Bonchev–Trinajstić information content (AvgIpc) is 3.44. The van der Waals surface area contributed by atoms with Gasteiger partial charge in [0.05, 0.1) is 12.2 Å². The number of hydrogen-bond acceptors (Lipinski definition) is 5. The lowest BCUT2D eigenvalue weighted by Crippen LogP contribution is -2.50. The van der Waals surface area contributed by atoms with Crippen LogP contribution in [0.1, 0.15) is 17.3 Å². The molecule has 0 unspecified atom stereocenters. The number of rotatable bonds is 6. The predicted octanol–water partition coefficient (Wildman–Crippen LogP) is 1.73. The number of nitrogens with zero attached hydrogens (tertiary/aromatic N) is 1. The summed E-state index contributed by atoms with van der Waals surface area (Å²) in [5, 5.41) is 25.5. The number of alkyl halides is 3. The molecule has 144 valence electrons. The Kier molecular flexibility index (Phi) is 4.79. The largest absolute Gasteiger partial charge is 0.505 e. The van der Waals surface area contributed by atoms with Gasteiger partial charge >= 0.3 is 6.18 Å². The highest BCUT2D eigenvalue weighted by atomic mass is 19.4. The second-order valence-corrected chi connectivity index (χ2v) is 6.12. The summed E-state index contributed by atoms with van der Waals surface area (Å²) < 4.78 is 53.9. The van der Waals surface area contributed by atoms with Crippen molar-refractivity contribution >= 4 is 6.41 Å². The van der Waals surface area contributed by atoms with Crippen LogP contribution < -0.4 is 10.6 Å². The summed E-state index contributed by atoms with van der Waals surface area (Å²) in [6, 6.07) is 5.20. The minimum atomic E-state index is -5.15. The molecular weight excluding hydrogens is 370 g/mol. The summed E-state index contributed by atoms with van der Waals surface area (Å²) in [7, 11) is 0. The van der Waals surface area contributed by atoms with Crippen molar-refractivity contribution in [2.75, 3.05) is 13.1 Å². The molecule has 0 radical (unpaired) electrons. The summed E-state index contributed by atoms with van der Waals surface area (Å²) >= 11 is 0. The van der Waals surface area contributed by atoms with Crippen LogP contribution in [0.15, 0.2) is 30.3 Å². The lowest BCUT2D eigenvalue weighted by Gasteiger charge is -2.30. The van der Waals surface area contributed by atoms with Gasteiger partial charge in [-0.15, -0.1) is 0 Å². The fourth-order valence-corrected chi connectivity index (χ4v) is 2.65.